The second-order valence-electron chi connectivity index (χ2n) is 3.13. The van der Waals surface area contributed by atoms with Crippen LogP contribution in [0.5, 0.6) is 5.88 Å². The minimum atomic E-state index is 0.255. The summed E-state index contributed by atoms with van der Waals surface area (Å²) < 4.78 is 5.62. The fourth-order valence-electron chi connectivity index (χ4n) is 1.44. The average Bonchev–Trinajstić information content (AvgIpc) is 2.21. The number of piperidine rings is 1. The van der Waals surface area contributed by atoms with Crippen LogP contribution in [0.2, 0.25) is 0 Å². The van der Waals surface area contributed by atoms with Gasteiger partial charge in [-0.1, -0.05) is 0 Å². The fourth-order valence-corrected chi connectivity index (χ4v) is 1.44. The summed E-state index contributed by atoms with van der Waals surface area (Å²) >= 11 is 0. The first-order valence-electron chi connectivity index (χ1n) is 4.58. The highest BCUT2D eigenvalue weighted by molar-refractivity contribution is 5.02. The van der Waals surface area contributed by atoms with Gasteiger partial charge in [0.15, 0.2) is 0 Å². The third-order valence-corrected chi connectivity index (χ3v) is 2.08. The highest BCUT2D eigenvalue weighted by Gasteiger charge is 2.14. The number of nitrogens with zero attached hydrogens (tertiary/aromatic N) is 2. The van der Waals surface area contributed by atoms with Crippen molar-refractivity contribution in [2.24, 2.45) is 0 Å². The monoisotopic (exact) mass is 179 g/mol. The SMILES string of the molecule is c1cnc(O[C@H]2CCCNC2)cn1. The molecule has 2 heterocycles. The van der Waals surface area contributed by atoms with Gasteiger partial charge in [0.05, 0.1) is 6.20 Å². The molecule has 70 valence electrons. The maximum absolute atomic E-state index is 5.62. The Morgan fingerprint density at radius 1 is 1.46 bits per heavy atom. The van der Waals surface area contributed by atoms with Crippen LogP contribution in [0.15, 0.2) is 18.6 Å². The Kier molecular flexibility index (Phi) is 2.72. The minimum absolute atomic E-state index is 0.255. The topological polar surface area (TPSA) is 47.0 Å². The van der Waals surface area contributed by atoms with Crippen molar-refractivity contribution < 1.29 is 4.74 Å². The summed E-state index contributed by atoms with van der Waals surface area (Å²) in [5, 5.41) is 3.28. The molecule has 4 nitrogen and oxygen atoms in total. The van der Waals surface area contributed by atoms with E-state index < -0.39 is 0 Å². The molecule has 0 saturated carbocycles. The van der Waals surface area contributed by atoms with Crippen molar-refractivity contribution in [1.29, 1.82) is 0 Å². The Bertz CT molecular complexity index is 246. The lowest BCUT2D eigenvalue weighted by Crippen LogP contribution is -2.37. The van der Waals surface area contributed by atoms with E-state index >= 15 is 0 Å². The van der Waals surface area contributed by atoms with Gasteiger partial charge < -0.3 is 10.1 Å². The smallest absolute Gasteiger partial charge is 0.232 e. The van der Waals surface area contributed by atoms with Gasteiger partial charge in [0.25, 0.3) is 0 Å². The van der Waals surface area contributed by atoms with Crippen molar-refractivity contribution >= 4 is 0 Å². The first-order chi connectivity index (χ1) is 6.45. The summed E-state index contributed by atoms with van der Waals surface area (Å²) in [6, 6.07) is 0. The Balaban J connectivity index is 1.90. The highest BCUT2D eigenvalue weighted by atomic mass is 16.5. The van der Waals surface area contributed by atoms with Crippen molar-refractivity contribution in [3.63, 3.8) is 0 Å². The van der Waals surface area contributed by atoms with Crippen LogP contribution in [0.3, 0.4) is 0 Å². The van der Waals surface area contributed by atoms with E-state index in [0.717, 1.165) is 19.5 Å². The molecular weight excluding hydrogens is 166 g/mol. The lowest BCUT2D eigenvalue weighted by Gasteiger charge is -2.22. The van der Waals surface area contributed by atoms with Gasteiger partial charge in [-0.2, -0.15) is 0 Å². The minimum Gasteiger partial charge on any atom is -0.472 e. The van der Waals surface area contributed by atoms with Crippen LogP contribution in [-0.2, 0) is 0 Å². The number of hydrogen-bond donors (Lipinski definition) is 1. The molecule has 2 rings (SSSR count). The van der Waals surface area contributed by atoms with Crippen molar-refractivity contribution in [2.75, 3.05) is 13.1 Å². The van der Waals surface area contributed by atoms with Crippen molar-refractivity contribution in [2.45, 2.75) is 18.9 Å². The first-order valence-corrected chi connectivity index (χ1v) is 4.58. The predicted molar refractivity (Wildman–Crippen MR) is 48.6 cm³/mol. The van der Waals surface area contributed by atoms with E-state index in [0.29, 0.717) is 5.88 Å². The molecule has 4 heteroatoms. The molecular formula is C9H13N3O. The second kappa shape index (κ2) is 4.18. The van der Waals surface area contributed by atoms with E-state index in [1.807, 2.05) is 0 Å². The molecule has 1 atom stereocenters. The molecule has 0 radical (unpaired) electrons. The van der Waals surface area contributed by atoms with Gasteiger partial charge >= 0.3 is 0 Å². The zero-order valence-electron chi connectivity index (χ0n) is 7.44. The van der Waals surface area contributed by atoms with E-state index in [4.69, 9.17) is 4.74 Å². The summed E-state index contributed by atoms with van der Waals surface area (Å²) in [5.74, 6) is 0.621. The Hall–Kier alpha value is -1.16. The lowest BCUT2D eigenvalue weighted by molar-refractivity contribution is 0.160. The predicted octanol–water partition coefficient (Wildman–Crippen LogP) is 0.607. The summed E-state index contributed by atoms with van der Waals surface area (Å²) in [4.78, 5) is 8.00. The summed E-state index contributed by atoms with van der Waals surface area (Å²) in [6.45, 7) is 2.01. The van der Waals surface area contributed by atoms with Crippen LogP contribution < -0.4 is 10.1 Å². The van der Waals surface area contributed by atoms with Crippen LogP contribution in [0.4, 0.5) is 0 Å². The summed E-state index contributed by atoms with van der Waals surface area (Å²) in [5.41, 5.74) is 0. The summed E-state index contributed by atoms with van der Waals surface area (Å²) in [6.07, 6.45) is 7.46. The van der Waals surface area contributed by atoms with E-state index in [-0.39, 0.29) is 6.10 Å². The van der Waals surface area contributed by atoms with Crippen LogP contribution in [0, 0.1) is 0 Å². The molecule has 0 bridgehead atoms. The normalized spacial score (nSPS) is 22.6. The van der Waals surface area contributed by atoms with E-state index in [9.17, 15) is 0 Å². The maximum atomic E-state index is 5.62. The number of hydrogen-bond acceptors (Lipinski definition) is 4. The van der Waals surface area contributed by atoms with Gasteiger partial charge in [0.2, 0.25) is 5.88 Å². The quantitative estimate of drug-likeness (QED) is 0.722. The van der Waals surface area contributed by atoms with E-state index in [2.05, 4.69) is 15.3 Å². The standard InChI is InChI=1S/C9H13N3O/c1-2-8(6-10-3-1)13-9-7-11-4-5-12-9/h4-5,7-8,10H,1-3,6H2/t8-/m0/s1. The Morgan fingerprint density at radius 3 is 3.15 bits per heavy atom. The molecule has 0 unspecified atom stereocenters. The van der Waals surface area contributed by atoms with Gasteiger partial charge in [-0.05, 0) is 19.4 Å². The number of aromatic nitrogens is 2. The molecule has 1 N–H and O–H groups in total. The number of nitrogens with one attached hydrogen (secondary N) is 1. The first kappa shape index (κ1) is 8.44. The lowest BCUT2D eigenvalue weighted by atomic mass is 10.1. The molecule has 1 aromatic rings. The van der Waals surface area contributed by atoms with Gasteiger partial charge in [0, 0.05) is 18.9 Å². The fraction of sp³-hybridized carbons (Fsp3) is 0.556. The third kappa shape index (κ3) is 2.39. The van der Waals surface area contributed by atoms with Crippen molar-refractivity contribution in [3.8, 4) is 5.88 Å². The largest absolute Gasteiger partial charge is 0.472 e. The van der Waals surface area contributed by atoms with Crippen LogP contribution >= 0.6 is 0 Å². The van der Waals surface area contributed by atoms with E-state index in [1.165, 1.54) is 6.42 Å². The van der Waals surface area contributed by atoms with Crippen LogP contribution in [0.1, 0.15) is 12.8 Å². The summed E-state index contributed by atoms with van der Waals surface area (Å²) in [7, 11) is 0. The van der Waals surface area contributed by atoms with Gasteiger partial charge in [0.1, 0.15) is 6.10 Å². The molecule has 1 aromatic heterocycles. The maximum Gasteiger partial charge on any atom is 0.232 e. The van der Waals surface area contributed by atoms with Crippen molar-refractivity contribution in [1.82, 2.24) is 15.3 Å². The highest BCUT2D eigenvalue weighted by Crippen LogP contribution is 2.10. The second-order valence-corrected chi connectivity index (χ2v) is 3.13. The Morgan fingerprint density at radius 2 is 2.46 bits per heavy atom. The van der Waals surface area contributed by atoms with Gasteiger partial charge in [-0.15, -0.1) is 0 Å². The van der Waals surface area contributed by atoms with Gasteiger partial charge in [-0.3, -0.25) is 4.98 Å². The number of ether oxygens (including phenoxy) is 1. The molecule has 1 saturated heterocycles. The third-order valence-electron chi connectivity index (χ3n) is 2.08. The molecule has 0 aliphatic carbocycles. The van der Waals surface area contributed by atoms with Crippen LogP contribution in [-0.4, -0.2) is 29.2 Å². The zero-order chi connectivity index (χ0) is 8.93. The molecule has 0 aromatic carbocycles. The molecule has 0 amide bonds. The van der Waals surface area contributed by atoms with E-state index in [1.54, 1.807) is 18.6 Å². The zero-order valence-corrected chi connectivity index (χ0v) is 7.44. The van der Waals surface area contributed by atoms with Crippen molar-refractivity contribution in [3.05, 3.63) is 18.6 Å². The molecule has 1 fully saturated rings. The molecule has 1 aliphatic rings. The molecule has 0 spiro atoms. The van der Waals surface area contributed by atoms with Crippen LogP contribution in [0.25, 0.3) is 0 Å². The molecule has 1 aliphatic heterocycles. The van der Waals surface area contributed by atoms with Gasteiger partial charge in [-0.25, -0.2) is 4.98 Å². The number of rotatable bonds is 2. The Labute approximate surface area is 77.4 Å². The average molecular weight is 179 g/mol. The molecule has 13 heavy (non-hydrogen) atoms.